The molecule has 1 atom stereocenters. The molecule has 2 aliphatic rings. The summed E-state index contributed by atoms with van der Waals surface area (Å²) in [6, 6.07) is 8.72. The molecule has 4 rings (SSSR count). The van der Waals surface area contributed by atoms with Crippen LogP contribution in [0.5, 0.6) is 0 Å². The molecule has 34 heavy (non-hydrogen) atoms. The number of anilines is 1. The van der Waals surface area contributed by atoms with E-state index in [2.05, 4.69) is 9.88 Å². The number of carbonyl (C=O) groups is 1. The van der Waals surface area contributed by atoms with Crippen LogP contribution in [-0.2, 0) is 17.5 Å². The number of nitrogens with zero attached hydrogens (tertiary/aromatic N) is 4. The summed E-state index contributed by atoms with van der Waals surface area (Å²) in [5, 5.41) is 0. The molecule has 6 nitrogen and oxygen atoms in total. The summed E-state index contributed by atoms with van der Waals surface area (Å²) >= 11 is 0. The molecule has 2 aliphatic heterocycles. The van der Waals surface area contributed by atoms with Crippen molar-refractivity contribution in [3.05, 3.63) is 59.5 Å². The predicted molar refractivity (Wildman–Crippen MR) is 119 cm³/mol. The molecule has 0 bridgehead atoms. The van der Waals surface area contributed by atoms with Gasteiger partial charge in [-0.15, -0.1) is 0 Å². The first-order valence-electron chi connectivity index (χ1n) is 11.5. The SMILES string of the molecule is O=C(OCC1CCCN(Cc2ccccc2F)C1)N1CCN(c2cc(C(F)(F)F)ccn2)CC1. The fourth-order valence-electron chi connectivity index (χ4n) is 4.46. The van der Waals surface area contributed by atoms with Crippen LogP contribution in [0.1, 0.15) is 24.0 Å². The number of alkyl halides is 3. The third-order valence-corrected chi connectivity index (χ3v) is 6.33. The first-order valence-corrected chi connectivity index (χ1v) is 11.5. The second-order valence-corrected chi connectivity index (χ2v) is 8.79. The maximum atomic E-state index is 14.0. The number of ether oxygens (including phenoxy) is 1. The van der Waals surface area contributed by atoms with Crippen molar-refractivity contribution in [1.29, 1.82) is 0 Å². The molecule has 0 N–H and O–H groups in total. The molecule has 1 unspecified atom stereocenters. The fourth-order valence-corrected chi connectivity index (χ4v) is 4.46. The van der Waals surface area contributed by atoms with E-state index in [1.165, 1.54) is 6.07 Å². The van der Waals surface area contributed by atoms with Gasteiger partial charge in [-0.2, -0.15) is 13.2 Å². The molecular weight excluding hydrogens is 452 g/mol. The van der Waals surface area contributed by atoms with Crippen molar-refractivity contribution in [3.8, 4) is 0 Å². The van der Waals surface area contributed by atoms with Crippen LogP contribution in [0.2, 0.25) is 0 Å². The highest BCUT2D eigenvalue weighted by atomic mass is 19.4. The summed E-state index contributed by atoms with van der Waals surface area (Å²) in [7, 11) is 0. The van der Waals surface area contributed by atoms with Gasteiger partial charge in [0.2, 0.25) is 0 Å². The van der Waals surface area contributed by atoms with Gasteiger partial charge in [0, 0.05) is 56.9 Å². The molecule has 1 aromatic heterocycles. The van der Waals surface area contributed by atoms with Crippen LogP contribution in [-0.4, -0.2) is 66.8 Å². The van der Waals surface area contributed by atoms with E-state index >= 15 is 0 Å². The van der Waals surface area contributed by atoms with E-state index in [1.807, 2.05) is 6.07 Å². The van der Waals surface area contributed by atoms with Crippen molar-refractivity contribution in [2.24, 2.45) is 5.92 Å². The zero-order valence-electron chi connectivity index (χ0n) is 18.8. The summed E-state index contributed by atoms with van der Waals surface area (Å²) in [4.78, 5) is 22.1. The molecule has 1 aromatic carbocycles. The molecule has 184 valence electrons. The smallest absolute Gasteiger partial charge is 0.416 e. The number of aromatic nitrogens is 1. The van der Waals surface area contributed by atoms with Crippen molar-refractivity contribution in [1.82, 2.24) is 14.8 Å². The minimum Gasteiger partial charge on any atom is -0.449 e. The number of piperidine rings is 1. The lowest BCUT2D eigenvalue weighted by molar-refractivity contribution is -0.137. The average molecular weight is 481 g/mol. The zero-order chi connectivity index (χ0) is 24.1. The number of rotatable bonds is 5. The van der Waals surface area contributed by atoms with E-state index in [0.29, 0.717) is 44.9 Å². The van der Waals surface area contributed by atoms with Crippen LogP contribution in [0.4, 0.5) is 28.2 Å². The molecule has 2 fully saturated rings. The molecule has 0 spiro atoms. The number of amides is 1. The molecule has 10 heteroatoms. The molecule has 0 radical (unpaired) electrons. The second kappa shape index (κ2) is 10.6. The molecular formula is C24H28F4N4O2. The van der Waals surface area contributed by atoms with E-state index in [4.69, 9.17) is 4.74 Å². The Bertz CT molecular complexity index is 979. The summed E-state index contributed by atoms with van der Waals surface area (Å²) < 4.78 is 58.4. The summed E-state index contributed by atoms with van der Waals surface area (Å²) in [5.41, 5.74) is -0.0795. The Morgan fingerprint density at radius 3 is 2.59 bits per heavy atom. The molecule has 0 aliphatic carbocycles. The monoisotopic (exact) mass is 480 g/mol. The van der Waals surface area contributed by atoms with E-state index < -0.39 is 17.8 Å². The Kier molecular flexibility index (Phi) is 7.55. The number of carbonyl (C=O) groups excluding carboxylic acids is 1. The van der Waals surface area contributed by atoms with Gasteiger partial charge in [0.1, 0.15) is 11.6 Å². The lowest BCUT2D eigenvalue weighted by Gasteiger charge is -2.36. The third kappa shape index (κ3) is 6.16. The predicted octanol–water partition coefficient (Wildman–Crippen LogP) is 4.41. The summed E-state index contributed by atoms with van der Waals surface area (Å²) in [5.74, 6) is 0.218. The second-order valence-electron chi connectivity index (χ2n) is 8.79. The lowest BCUT2D eigenvalue weighted by Crippen LogP contribution is -2.49. The van der Waals surface area contributed by atoms with Crippen LogP contribution < -0.4 is 4.90 Å². The minimum absolute atomic E-state index is 0.181. The normalized spacial score (nSPS) is 19.8. The van der Waals surface area contributed by atoms with Crippen LogP contribution in [0, 0.1) is 11.7 Å². The molecule has 0 saturated carbocycles. The summed E-state index contributed by atoms with van der Waals surface area (Å²) in [6.45, 7) is 3.89. The highest BCUT2D eigenvalue weighted by Gasteiger charge is 2.32. The van der Waals surface area contributed by atoms with E-state index in [1.54, 1.807) is 21.9 Å². The molecule has 3 heterocycles. The van der Waals surface area contributed by atoms with Crippen LogP contribution in [0.15, 0.2) is 42.6 Å². The Hall–Kier alpha value is -2.88. The van der Waals surface area contributed by atoms with E-state index in [9.17, 15) is 22.4 Å². The van der Waals surface area contributed by atoms with Gasteiger partial charge in [-0.3, -0.25) is 4.90 Å². The van der Waals surface area contributed by atoms with Crippen LogP contribution in [0.25, 0.3) is 0 Å². The Morgan fingerprint density at radius 1 is 1.09 bits per heavy atom. The maximum Gasteiger partial charge on any atom is 0.416 e. The number of hydrogen-bond acceptors (Lipinski definition) is 5. The Morgan fingerprint density at radius 2 is 1.85 bits per heavy atom. The van der Waals surface area contributed by atoms with Gasteiger partial charge < -0.3 is 14.5 Å². The quantitative estimate of drug-likeness (QED) is 0.594. The Balaban J connectivity index is 1.23. The number of hydrogen-bond donors (Lipinski definition) is 0. The van der Waals surface area contributed by atoms with Crippen molar-refractivity contribution in [2.45, 2.75) is 25.6 Å². The standard InChI is InChI=1S/C24H28F4N4O2/c25-21-6-2-1-5-19(21)16-30-9-3-4-18(15-30)17-34-23(33)32-12-10-31(11-13-32)22-14-20(7-8-29-22)24(26,27)28/h1-2,5-8,14,18H,3-4,9-13,15-17H2. The number of pyridine rings is 1. The van der Waals surface area contributed by atoms with Crippen molar-refractivity contribution < 1.29 is 27.1 Å². The minimum atomic E-state index is -4.42. The Labute approximate surface area is 196 Å². The number of halogens is 4. The largest absolute Gasteiger partial charge is 0.449 e. The topological polar surface area (TPSA) is 48.9 Å². The zero-order valence-corrected chi connectivity index (χ0v) is 18.8. The molecule has 2 aromatic rings. The van der Waals surface area contributed by atoms with Crippen LogP contribution in [0.3, 0.4) is 0 Å². The highest BCUT2D eigenvalue weighted by Crippen LogP contribution is 2.31. The van der Waals surface area contributed by atoms with Crippen molar-refractivity contribution in [3.63, 3.8) is 0 Å². The van der Waals surface area contributed by atoms with Gasteiger partial charge in [-0.25, -0.2) is 14.2 Å². The summed E-state index contributed by atoms with van der Waals surface area (Å²) in [6.07, 6.45) is -1.79. The van der Waals surface area contributed by atoms with E-state index in [-0.39, 0.29) is 17.6 Å². The van der Waals surface area contributed by atoms with Crippen molar-refractivity contribution in [2.75, 3.05) is 50.8 Å². The van der Waals surface area contributed by atoms with Gasteiger partial charge in [0.15, 0.2) is 0 Å². The number of likely N-dealkylation sites (tertiary alicyclic amines) is 1. The maximum absolute atomic E-state index is 14.0. The van der Waals surface area contributed by atoms with Gasteiger partial charge >= 0.3 is 12.3 Å². The van der Waals surface area contributed by atoms with Gasteiger partial charge in [0.25, 0.3) is 0 Å². The van der Waals surface area contributed by atoms with Crippen molar-refractivity contribution >= 4 is 11.9 Å². The van der Waals surface area contributed by atoms with Gasteiger partial charge in [0.05, 0.1) is 12.2 Å². The number of piperazine rings is 1. The fraction of sp³-hybridized carbons (Fsp3) is 0.500. The molecule has 1 amide bonds. The first kappa shape index (κ1) is 24.3. The van der Waals surface area contributed by atoms with E-state index in [0.717, 1.165) is 44.3 Å². The highest BCUT2D eigenvalue weighted by molar-refractivity contribution is 5.68. The van der Waals surface area contributed by atoms with Gasteiger partial charge in [-0.1, -0.05) is 18.2 Å². The lowest BCUT2D eigenvalue weighted by atomic mass is 9.98. The molecule has 2 saturated heterocycles. The average Bonchev–Trinajstić information content (AvgIpc) is 2.84. The first-order chi connectivity index (χ1) is 16.3. The van der Waals surface area contributed by atoms with Gasteiger partial charge in [-0.05, 0) is 37.6 Å². The number of benzene rings is 1. The third-order valence-electron chi connectivity index (χ3n) is 6.33. The van der Waals surface area contributed by atoms with Crippen LogP contribution >= 0.6 is 0 Å².